The molecule has 1 aromatic carbocycles. The van der Waals surface area contributed by atoms with Crippen molar-refractivity contribution in [3.63, 3.8) is 0 Å². The molecule has 0 unspecified atom stereocenters. The summed E-state index contributed by atoms with van der Waals surface area (Å²) in [5.74, 6) is 1.46. The Hall–Kier alpha value is -2.17. The number of rotatable bonds is 5. The average Bonchev–Trinajstić information content (AvgIpc) is 2.73. The van der Waals surface area contributed by atoms with Crippen molar-refractivity contribution < 1.29 is 9.47 Å². The molecule has 5 nitrogen and oxygen atoms in total. The van der Waals surface area contributed by atoms with Gasteiger partial charge < -0.3 is 15.2 Å². The van der Waals surface area contributed by atoms with Crippen molar-refractivity contribution in [2.45, 2.75) is 33.4 Å². The van der Waals surface area contributed by atoms with Crippen molar-refractivity contribution in [2.24, 2.45) is 0 Å². The summed E-state index contributed by atoms with van der Waals surface area (Å²) in [6, 6.07) is 7.97. The van der Waals surface area contributed by atoms with Gasteiger partial charge >= 0.3 is 0 Å². The normalized spacial score (nSPS) is 10.8. The van der Waals surface area contributed by atoms with Crippen LogP contribution in [0.15, 0.2) is 24.3 Å². The van der Waals surface area contributed by atoms with Crippen LogP contribution in [0.4, 0.5) is 5.69 Å². The quantitative estimate of drug-likeness (QED) is 0.911. The molecule has 20 heavy (non-hydrogen) atoms. The Kier molecular flexibility index (Phi) is 4.17. The minimum Gasteiger partial charge on any atom is -0.497 e. The molecule has 0 radical (unpaired) electrons. The van der Waals surface area contributed by atoms with E-state index in [9.17, 15) is 0 Å². The molecule has 0 aliphatic rings. The van der Waals surface area contributed by atoms with E-state index in [-0.39, 0.29) is 6.04 Å². The van der Waals surface area contributed by atoms with Gasteiger partial charge in [-0.2, -0.15) is 5.10 Å². The molecule has 2 aromatic rings. The second-order valence-corrected chi connectivity index (χ2v) is 4.98. The number of aromatic nitrogens is 2. The molecule has 0 aliphatic carbocycles. The van der Waals surface area contributed by atoms with Gasteiger partial charge in [0, 0.05) is 0 Å². The summed E-state index contributed by atoms with van der Waals surface area (Å²) in [5.41, 5.74) is 8.48. The Morgan fingerprint density at radius 2 is 1.90 bits per heavy atom. The summed E-state index contributed by atoms with van der Waals surface area (Å²) in [5, 5.41) is 4.40. The summed E-state index contributed by atoms with van der Waals surface area (Å²) in [6.45, 7) is 6.43. The third-order valence-electron chi connectivity index (χ3n) is 3.11. The minimum atomic E-state index is 0.205. The van der Waals surface area contributed by atoms with Crippen molar-refractivity contribution >= 4 is 5.69 Å². The van der Waals surface area contributed by atoms with E-state index in [4.69, 9.17) is 15.2 Å². The molecular weight excluding hydrogens is 254 g/mol. The lowest BCUT2D eigenvalue weighted by Crippen LogP contribution is -2.08. The van der Waals surface area contributed by atoms with Crippen LogP contribution >= 0.6 is 0 Å². The molecule has 1 aromatic heterocycles. The van der Waals surface area contributed by atoms with Crippen molar-refractivity contribution in [1.29, 1.82) is 0 Å². The first-order chi connectivity index (χ1) is 9.52. The van der Waals surface area contributed by atoms with Crippen LogP contribution in [0.2, 0.25) is 0 Å². The summed E-state index contributed by atoms with van der Waals surface area (Å²) in [7, 11) is 1.65. The minimum absolute atomic E-state index is 0.205. The predicted octanol–water partition coefficient (Wildman–Crippen LogP) is 2.94. The Morgan fingerprint density at radius 1 is 1.25 bits per heavy atom. The number of nitrogens with two attached hydrogens (primary N) is 1. The van der Waals surface area contributed by atoms with Crippen LogP contribution in [0.1, 0.15) is 31.1 Å². The summed E-state index contributed by atoms with van der Waals surface area (Å²) < 4.78 is 12.8. The number of nitrogens with zero attached hydrogens (tertiary/aromatic N) is 2. The number of methoxy groups -OCH3 is 1. The van der Waals surface area contributed by atoms with Gasteiger partial charge in [0.15, 0.2) is 0 Å². The lowest BCUT2D eigenvalue weighted by atomic mass is 10.2. The number of hydrogen-bond donors (Lipinski definition) is 1. The lowest BCUT2D eigenvalue weighted by molar-refractivity contribution is 0.266. The molecule has 2 rings (SSSR count). The second kappa shape index (κ2) is 5.86. The van der Waals surface area contributed by atoms with Crippen LogP contribution in [-0.4, -0.2) is 16.9 Å². The Labute approximate surface area is 119 Å². The highest BCUT2D eigenvalue weighted by Gasteiger charge is 2.16. The summed E-state index contributed by atoms with van der Waals surface area (Å²) in [6.07, 6.45) is 0. The Morgan fingerprint density at radius 3 is 2.45 bits per heavy atom. The molecule has 5 heteroatoms. The number of nitrogen functional groups attached to an aromatic ring is 1. The zero-order valence-electron chi connectivity index (χ0n) is 12.4. The third-order valence-corrected chi connectivity index (χ3v) is 3.11. The molecule has 0 aliphatic heterocycles. The van der Waals surface area contributed by atoms with E-state index in [0.29, 0.717) is 18.2 Å². The van der Waals surface area contributed by atoms with Crippen molar-refractivity contribution in [3.05, 3.63) is 35.5 Å². The first-order valence-electron chi connectivity index (χ1n) is 6.63. The van der Waals surface area contributed by atoms with Crippen LogP contribution < -0.4 is 15.2 Å². The van der Waals surface area contributed by atoms with Crippen LogP contribution in [0.3, 0.4) is 0 Å². The first-order valence-corrected chi connectivity index (χ1v) is 6.63. The van der Waals surface area contributed by atoms with Gasteiger partial charge in [0.25, 0.3) is 0 Å². The SMILES string of the molecule is COc1ccc(COc2c(N)c(C)nn2C(C)C)cc1. The van der Waals surface area contributed by atoms with Crippen molar-refractivity contribution in [2.75, 3.05) is 12.8 Å². The predicted molar refractivity (Wildman–Crippen MR) is 79.1 cm³/mol. The molecule has 2 N–H and O–H groups in total. The van der Waals surface area contributed by atoms with Crippen molar-refractivity contribution in [3.8, 4) is 11.6 Å². The lowest BCUT2D eigenvalue weighted by Gasteiger charge is -2.12. The van der Waals surface area contributed by atoms with Gasteiger partial charge in [0.05, 0.1) is 18.8 Å². The molecule has 108 valence electrons. The van der Waals surface area contributed by atoms with Crippen LogP contribution in [-0.2, 0) is 6.61 Å². The highest BCUT2D eigenvalue weighted by molar-refractivity contribution is 5.52. The summed E-state index contributed by atoms with van der Waals surface area (Å²) >= 11 is 0. The van der Waals surface area contributed by atoms with E-state index in [0.717, 1.165) is 17.0 Å². The number of aryl methyl sites for hydroxylation is 1. The van der Waals surface area contributed by atoms with Crippen LogP contribution in [0.5, 0.6) is 11.6 Å². The maximum absolute atomic E-state index is 6.02. The first kappa shape index (κ1) is 14.2. The standard InChI is InChI=1S/C15H21N3O2/c1-10(2)18-15(14(16)11(3)17-18)20-9-12-5-7-13(19-4)8-6-12/h5-8,10H,9,16H2,1-4H3. The molecule has 0 amide bonds. The molecule has 0 fully saturated rings. The fourth-order valence-corrected chi connectivity index (χ4v) is 1.91. The Balaban J connectivity index is 2.13. The van der Waals surface area contributed by atoms with Gasteiger partial charge in [-0.15, -0.1) is 0 Å². The number of ether oxygens (including phenoxy) is 2. The Bertz CT molecular complexity index is 574. The monoisotopic (exact) mass is 275 g/mol. The zero-order valence-corrected chi connectivity index (χ0v) is 12.4. The number of benzene rings is 1. The number of anilines is 1. The molecule has 1 heterocycles. The molecular formula is C15H21N3O2. The highest BCUT2D eigenvalue weighted by Crippen LogP contribution is 2.28. The van der Waals surface area contributed by atoms with E-state index in [1.807, 2.05) is 49.7 Å². The topological polar surface area (TPSA) is 62.3 Å². The average molecular weight is 275 g/mol. The second-order valence-electron chi connectivity index (χ2n) is 4.98. The fraction of sp³-hybridized carbons (Fsp3) is 0.400. The smallest absolute Gasteiger partial charge is 0.236 e. The van der Waals surface area contributed by atoms with Crippen LogP contribution in [0, 0.1) is 6.92 Å². The van der Waals surface area contributed by atoms with Gasteiger partial charge in [0.1, 0.15) is 18.0 Å². The van der Waals surface area contributed by atoms with Gasteiger partial charge in [-0.05, 0) is 38.5 Å². The largest absolute Gasteiger partial charge is 0.497 e. The van der Waals surface area contributed by atoms with Crippen LogP contribution in [0.25, 0.3) is 0 Å². The van der Waals surface area contributed by atoms with E-state index in [2.05, 4.69) is 5.10 Å². The molecule has 0 saturated carbocycles. The maximum Gasteiger partial charge on any atom is 0.236 e. The molecule has 0 saturated heterocycles. The highest BCUT2D eigenvalue weighted by atomic mass is 16.5. The fourth-order valence-electron chi connectivity index (χ4n) is 1.91. The molecule has 0 bridgehead atoms. The zero-order chi connectivity index (χ0) is 14.7. The summed E-state index contributed by atoms with van der Waals surface area (Å²) in [4.78, 5) is 0. The third kappa shape index (κ3) is 2.87. The van der Waals surface area contributed by atoms with Gasteiger partial charge in [-0.25, -0.2) is 4.68 Å². The molecule has 0 spiro atoms. The van der Waals surface area contributed by atoms with Gasteiger partial charge in [0.2, 0.25) is 5.88 Å². The van der Waals surface area contributed by atoms with E-state index < -0.39 is 0 Å². The van der Waals surface area contributed by atoms with E-state index in [1.54, 1.807) is 7.11 Å². The number of hydrogen-bond acceptors (Lipinski definition) is 4. The van der Waals surface area contributed by atoms with E-state index in [1.165, 1.54) is 0 Å². The van der Waals surface area contributed by atoms with Gasteiger partial charge in [-0.1, -0.05) is 12.1 Å². The van der Waals surface area contributed by atoms with E-state index >= 15 is 0 Å². The van der Waals surface area contributed by atoms with Crippen molar-refractivity contribution in [1.82, 2.24) is 9.78 Å². The molecule has 0 atom stereocenters. The maximum atomic E-state index is 6.02. The van der Waals surface area contributed by atoms with Gasteiger partial charge in [-0.3, -0.25) is 0 Å².